The molecule has 1 heterocycles. The first-order chi connectivity index (χ1) is 4.43. The quantitative estimate of drug-likeness (QED) is 0.527. The van der Waals surface area contributed by atoms with Crippen molar-refractivity contribution in [1.82, 2.24) is 16.0 Å². The molecule has 1 rings (SSSR count). The van der Waals surface area contributed by atoms with Crippen LogP contribution in [0.15, 0.2) is 0 Å². The molecule has 2 N–H and O–H groups in total. The molecule has 3 nitrogen and oxygen atoms in total. The number of nitrogens with zero attached hydrogens (tertiary/aromatic N) is 1. The molecule has 0 aromatic heterocycles. The summed E-state index contributed by atoms with van der Waals surface area (Å²) in [5, 5.41) is 3.27. The van der Waals surface area contributed by atoms with Crippen molar-refractivity contribution in [3.05, 3.63) is 0 Å². The molecular weight excluding hydrogens is 114 g/mol. The minimum Gasteiger partial charge on any atom is -0.314 e. The van der Waals surface area contributed by atoms with E-state index in [-0.39, 0.29) is 0 Å². The predicted molar refractivity (Wildman–Crippen MR) is 37.3 cm³/mol. The minimum absolute atomic E-state index is 0.542. The molecule has 0 atom stereocenters. The Kier molecular flexibility index (Phi) is 2.97. The second-order valence-corrected chi connectivity index (χ2v) is 2.34. The van der Waals surface area contributed by atoms with Gasteiger partial charge >= 0.3 is 0 Å². The molecule has 0 amide bonds. The molecule has 0 unspecified atom stereocenters. The molecule has 0 aliphatic carbocycles. The maximum atomic E-state index is 6.98. The maximum Gasteiger partial charge on any atom is 0.0228 e. The Morgan fingerprint density at radius 1 is 1.33 bits per heavy atom. The van der Waals surface area contributed by atoms with Gasteiger partial charge in [0.1, 0.15) is 0 Å². The van der Waals surface area contributed by atoms with Crippen molar-refractivity contribution >= 4 is 0 Å². The highest BCUT2D eigenvalue weighted by Gasteiger charge is 2.06. The van der Waals surface area contributed by atoms with Gasteiger partial charge in [-0.25, -0.2) is 0 Å². The maximum absolute atomic E-state index is 6.98. The molecule has 0 saturated carbocycles. The highest BCUT2D eigenvalue weighted by Crippen LogP contribution is 1.88. The fourth-order valence-electron chi connectivity index (χ4n) is 1.09. The monoisotopic (exact) mass is 128 g/mol. The van der Waals surface area contributed by atoms with Crippen LogP contribution in [0.25, 0.3) is 0 Å². The Morgan fingerprint density at radius 3 is 2.56 bits per heavy atom. The van der Waals surface area contributed by atoms with E-state index in [0.717, 1.165) is 32.7 Å². The predicted octanol–water partition coefficient (Wildman–Crippen LogP) is -0.825. The molecule has 1 aliphatic rings. The van der Waals surface area contributed by atoms with Crippen LogP contribution in [-0.4, -0.2) is 44.2 Å². The van der Waals surface area contributed by atoms with Gasteiger partial charge in [0, 0.05) is 39.3 Å². The zero-order valence-electron chi connectivity index (χ0n) is 5.69. The van der Waals surface area contributed by atoms with E-state index in [2.05, 4.69) is 10.2 Å². The highest BCUT2D eigenvalue weighted by molar-refractivity contribution is 4.66. The summed E-state index contributed by atoms with van der Waals surface area (Å²) in [6.45, 7) is 5.93. The van der Waals surface area contributed by atoms with Gasteiger partial charge in [-0.15, -0.1) is 0 Å². The number of rotatable bonds is 2. The lowest BCUT2D eigenvalue weighted by molar-refractivity contribution is 0.246. The van der Waals surface area contributed by atoms with Crippen molar-refractivity contribution in [1.29, 1.82) is 0 Å². The number of piperazine rings is 1. The van der Waals surface area contributed by atoms with Crippen LogP contribution >= 0.6 is 0 Å². The van der Waals surface area contributed by atoms with Crippen molar-refractivity contribution in [2.75, 3.05) is 39.3 Å². The van der Waals surface area contributed by atoms with Crippen LogP contribution in [0.1, 0.15) is 0 Å². The SMILES string of the molecule is [NH]CCN1CCNCC1. The summed E-state index contributed by atoms with van der Waals surface area (Å²) in [6.07, 6.45) is 0. The molecule has 9 heavy (non-hydrogen) atoms. The second kappa shape index (κ2) is 3.82. The number of hydrogen-bond donors (Lipinski definition) is 1. The fraction of sp³-hybridized carbons (Fsp3) is 1.00. The Bertz CT molecular complexity index is 65.9. The van der Waals surface area contributed by atoms with E-state index >= 15 is 0 Å². The first-order valence-electron chi connectivity index (χ1n) is 3.51. The molecule has 3 heteroatoms. The molecule has 0 spiro atoms. The van der Waals surface area contributed by atoms with Gasteiger partial charge in [0.25, 0.3) is 0 Å². The first kappa shape index (κ1) is 6.99. The van der Waals surface area contributed by atoms with Crippen LogP contribution in [0.3, 0.4) is 0 Å². The highest BCUT2D eigenvalue weighted by atomic mass is 15.2. The lowest BCUT2D eigenvalue weighted by Crippen LogP contribution is -2.44. The van der Waals surface area contributed by atoms with Crippen molar-refractivity contribution in [2.45, 2.75) is 0 Å². The van der Waals surface area contributed by atoms with Gasteiger partial charge in [0.05, 0.1) is 0 Å². The van der Waals surface area contributed by atoms with Gasteiger partial charge in [-0.05, 0) is 0 Å². The molecule has 0 aromatic carbocycles. The van der Waals surface area contributed by atoms with E-state index in [1.54, 1.807) is 0 Å². The summed E-state index contributed by atoms with van der Waals surface area (Å²) in [5.41, 5.74) is 6.98. The molecule has 0 bridgehead atoms. The Morgan fingerprint density at radius 2 is 2.00 bits per heavy atom. The average Bonchev–Trinajstić information content (AvgIpc) is 1.91. The van der Waals surface area contributed by atoms with Gasteiger partial charge in [0.15, 0.2) is 0 Å². The fourth-order valence-corrected chi connectivity index (χ4v) is 1.09. The van der Waals surface area contributed by atoms with Crippen LogP contribution in [0.2, 0.25) is 0 Å². The average molecular weight is 128 g/mol. The van der Waals surface area contributed by atoms with Gasteiger partial charge in [-0.3, -0.25) is 10.6 Å². The summed E-state index contributed by atoms with van der Waals surface area (Å²) < 4.78 is 0. The van der Waals surface area contributed by atoms with E-state index in [0.29, 0.717) is 6.54 Å². The van der Waals surface area contributed by atoms with Gasteiger partial charge in [0.2, 0.25) is 0 Å². The van der Waals surface area contributed by atoms with Crippen molar-refractivity contribution < 1.29 is 0 Å². The number of nitrogens with one attached hydrogen (secondary N) is 2. The van der Waals surface area contributed by atoms with Crippen molar-refractivity contribution in [3.63, 3.8) is 0 Å². The third-order valence-corrected chi connectivity index (χ3v) is 1.64. The summed E-state index contributed by atoms with van der Waals surface area (Å²) in [4.78, 5) is 2.32. The standard InChI is InChI=1S/C6H14N3/c7-1-4-9-5-2-8-3-6-9/h7-8H,1-6H2. The third kappa shape index (κ3) is 2.30. The van der Waals surface area contributed by atoms with Crippen molar-refractivity contribution in [3.8, 4) is 0 Å². The van der Waals surface area contributed by atoms with Crippen LogP contribution < -0.4 is 11.1 Å². The Labute approximate surface area is 56.2 Å². The molecule has 1 saturated heterocycles. The van der Waals surface area contributed by atoms with Gasteiger partial charge in [-0.1, -0.05) is 0 Å². The summed E-state index contributed by atoms with van der Waals surface area (Å²) in [6, 6.07) is 0. The van der Waals surface area contributed by atoms with Gasteiger partial charge < -0.3 is 5.32 Å². The summed E-state index contributed by atoms with van der Waals surface area (Å²) in [5.74, 6) is 0. The van der Waals surface area contributed by atoms with Crippen molar-refractivity contribution in [2.24, 2.45) is 0 Å². The summed E-state index contributed by atoms with van der Waals surface area (Å²) >= 11 is 0. The van der Waals surface area contributed by atoms with E-state index in [1.165, 1.54) is 0 Å². The molecule has 1 radical (unpaired) electrons. The third-order valence-electron chi connectivity index (χ3n) is 1.64. The first-order valence-corrected chi connectivity index (χ1v) is 3.51. The van der Waals surface area contributed by atoms with E-state index in [4.69, 9.17) is 5.73 Å². The molecule has 1 fully saturated rings. The van der Waals surface area contributed by atoms with Crippen LogP contribution in [0.5, 0.6) is 0 Å². The minimum atomic E-state index is 0.542. The van der Waals surface area contributed by atoms with Crippen LogP contribution in [0, 0.1) is 0 Å². The number of hydrogen-bond acceptors (Lipinski definition) is 2. The lowest BCUT2D eigenvalue weighted by atomic mass is 10.3. The molecule has 53 valence electrons. The Balaban J connectivity index is 2.08. The molecule has 1 aliphatic heterocycles. The summed E-state index contributed by atoms with van der Waals surface area (Å²) in [7, 11) is 0. The van der Waals surface area contributed by atoms with E-state index in [1.807, 2.05) is 0 Å². The molecular formula is C6H14N3. The Hall–Kier alpha value is -0.120. The van der Waals surface area contributed by atoms with Crippen LogP contribution in [0.4, 0.5) is 0 Å². The van der Waals surface area contributed by atoms with Gasteiger partial charge in [-0.2, -0.15) is 0 Å². The smallest absolute Gasteiger partial charge is 0.0228 e. The zero-order valence-corrected chi connectivity index (χ0v) is 5.69. The zero-order chi connectivity index (χ0) is 6.53. The van der Waals surface area contributed by atoms with E-state index in [9.17, 15) is 0 Å². The normalized spacial score (nSPS) is 22.3. The van der Waals surface area contributed by atoms with E-state index < -0.39 is 0 Å². The largest absolute Gasteiger partial charge is 0.314 e. The molecule has 0 aromatic rings. The topological polar surface area (TPSA) is 39.1 Å². The lowest BCUT2D eigenvalue weighted by Gasteiger charge is -2.26. The van der Waals surface area contributed by atoms with Crippen LogP contribution in [-0.2, 0) is 0 Å². The second-order valence-electron chi connectivity index (χ2n) is 2.34.